The van der Waals surface area contributed by atoms with Gasteiger partial charge in [0, 0.05) is 18.9 Å². The third-order valence-corrected chi connectivity index (χ3v) is 3.40. The van der Waals surface area contributed by atoms with Gasteiger partial charge in [-0.25, -0.2) is 0 Å². The van der Waals surface area contributed by atoms with Gasteiger partial charge in [-0.1, -0.05) is 36.8 Å². The van der Waals surface area contributed by atoms with Crippen molar-refractivity contribution in [1.29, 1.82) is 0 Å². The molecule has 17 heavy (non-hydrogen) atoms. The van der Waals surface area contributed by atoms with Gasteiger partial charge in [0.15, 0.2) is 0 Å². The minimum Gasteiger partial charge on any atom is -0.377 e. The summed E-state index contributed by atoms with van der Waals surface area (Å²) >= 11 is 0. The van der Waals surface area contributed by atoms with Crippen molar-refractivity contribution in [3.05, 3.63) is 35.9 Å². The molecule has 1 aromatic rings. The molecule has 0 heterocycles. The Balaban J connectivity index is 1.64. The van der Waals surface area contributed by atoms with E-state index in [0.717, 1.165) is 25.7 Å². The molecule has 0 aromatic heterocycles. The van der Waals surface area contributed by atoms with E-state index in [4.69, 9.17) is 4.74 Å². The van der Waals surface area contributed by atoms with Crippen molar-refractivity contribution in [1.82, 2.24) is 0 Å². The maximum absolute atomic E-state index is 11.6. The number of hydrogen-bond donors (Lipinski definition) is 0. The summed E-state index contributed by atoms with van der Waals surface area (Å²) in [5.41, 5.74) is 1.20. The lowest BCUT2D eigenvalue weighted by molar-refractivity contribution is -0.125. The number of rotatable bonds is 5. The molecular formula is C15H20O2. The maximum Gasteiger partial charge on any atom is 0.136 e. The lowest BCUT2D eigenvalue weighted by Crippen LogP contribution is -2.20. The molecule has 2 heteroatoms. The summed E-state index contributed by atoms with van der Waals surface area (Å²) in [5.74, 6) is 0.707. The zero-order valence-electron chi connectivity index (χ0n) is 10.2. The van der Waals surface area contributed by atoms with Crippen LogP contribution in [0.2, 0.25) is 0 Å². The van der Waals surface area contributed by atoms with Gasteiger partial charge in [-0.2, -0.15) is 0 Å². The number of carbonyl (C=O) groups is 1. The van der Waals surface area contributed by atoms with E-state index in [-0.39, 0.29) is 5.92 Å². The molecule has 0 unspecified atom stereocenters. The summed E-state index contributed by atoms with van der Waals surface area (Å²) in [5, 5.41) is 0. The molecule has 1 aliphatic carbocycles. The topological polar surface area (TPSA) is 26.3 Å². The van der Waals surface area contributed by atoms with Crippen LogP contribution in [0, 0.1) is 5.92 Å². The van der Waals surface area contributed by atoms with E-state index in [0.29, 0.717) is 19.0 Å². The Bertz CT molecular complexity index is 345. The average Bonchev–Trinajstić information content (AvgIpc) is 2.38. The molecule has 1 aliphatic rings. The van der Waals surface area contributed by atoms with Gasteiger partial charge in [-0.3, -0.25) is 4.79 Å². The van der Waals surface area contributed by atoms with E-state index in [1.165, 1.54) is 12.0 Å². The Kier molecular flexibility index (Phi) is 4.75. The molecule has 0 amide bonds. The number of benzene rings is 1. The minimum atomic E-state index is 0.263. The largest absolute Gasteiger partial charge is 0.377 e. The van der Waals surface area contributed by atoms with Gasteiger partial charge in [0.1, 0.15) is 5.78 Å². The zero-order valence-corrected chi connectivity index (χ0v) is 10.2. The Hall–Kier alpha value is -1.15. The number of Topliss-reactive ketones (excluding diaryl/α,β-unsaturated/α-hetero) is 1. The lowest BCUT2D eigenvalue weighted by Gasteiger charge is -2.20. The molecule has 2 rings (SSSR count). The van der Waals surface area contributed by atoms with Crippen molar-refractivity contribution in [2.45, 2.75) is 38.7 Å². The van der Waals surface area contributed by atoms with Crippen LogP contribution in [-0.4, -0.2) is 12.4 Å². The van der Waals surface area contributed by atoms with Crippen LogP contribution in [0.15, 0.2) is 30.3 Å². The van der Waals surface area contributed by atoms with Crippen molar-refractivity contribution < 1.29 is 9.53 Å². The molecular weight excluding hydrogens is 212 g/mol. The molecule has 1 aromatic carbocycles. The van der Waals surface area contributed by atoms with Crippen LogP contribution < -0.4 is 0 Å². The monoisotopic (exact) mass is 232 g/mol. The van der Waals surface area contributed by atoms with Crippen molar-refractivity contribution in [3.63, 3.8) is 0 Å². The van der Waals surface area contributed by atoms with Crippen LogP contribution >= 0.6 is 0 Å². The standard InChI is InChI=1S/C15H20O2/c16-15-9-5-4-8-14(15)10-11-17-12-13-6-2-1-3-7-13/h1-3,6-7,14H,4-5,8-12H2/t14-/m0/s1. The third-order valence-electron chi connectivity index (χ3n) is 3.40. The summed E-state index contributed by atoms with van der Waals surface area (Å²) < 4.78 is 5.62. The fourth-order valence-electron chi connectivity index (χ4n) is 2.35. The molecule has 0 radical (unpaired) electrons. The van der Waals surface area contributed by atoms with Gasteiger partial charge >= 0.3 is 0 Å². The van der Waals surface area contributed by atoms with Crippen LogP contribution in [0.3, 0.4) is 0 Å². The zero-order chi connectivity index (χ0) is 11.9. The second-order valence-electron chi connectivity index (χ2n) is 4.74. The Labute approximate surface area is 103 Å². The second kappa shape index (κ2) is 6.55. The molecule has 0 bridgehead atoms. The fraction of sp³-hybridized carbons (Fsp3) is 0.533. The van der Waals surface area contributed by atoms with E-state index in [2.05, 4.69) is 12.1 Å². The van der Waals surface area contributed by atoms with E-state index >= 15 is 0 Å². The third kappa shape index (κ3) is 3.97. The van der Waals surface area contributed by atoms with Gasteiger partial charge < -0.3 is 4.74 Å². The van der Waals surface area contributed by atoms with Crippen LogP contribution in [0.5, 0.6) is 0 Å². The second-order valence-corrected chi connectivity index (χ2v) is 4.74. The predicted octanol–water partition coefficient (Wildman–Crippen LogP) is 3.35. The average molecular weight is 232 g/mol. The minimum absolute atomic E-state index is 0.263. The van der Waals surface area contributed by atoms with Gasteiger partial charge in [-0.05, 0) is 24.8 Å². The summed E-state index contributed by atoms with van der Waals surface area (Å²) in [6.45, 7) is 1.35. The SMILES string of the molecule is O=C1CCCC[C@H]1CCOCc1ccccc1. The fourth-order valence-corrected chi connectivity index (χ4v) is 2.35. The highest BCUT2D eigenvalue weighted by atomic mass is 16.5. The first-order valence-corrected chi connectivity index (χ1v) is 6.50. The molecule has 1 saturated carbocycles. The molecule has 0 spiro atoms. The number of ketones is 1. The van der Waals surface area contributed by atoms with Crippen LogP contribution in [0.25, 0.3) is 0 Å². The molecule has 0 N–H and O–H groups in total. The summed E-state index contributed by atoms with van der Waals surface area (Å²) in [6.07, 6.45) is 5.03. The Morgan fingerprint density at radius 1 is 1.18 bits per heavy atom. The molecule has 92 valence electrons. The van der Waals surface area contributed by atoms with Crippen LogP contribution in [0.1, 0.15) is 37.7 Å². The number of hydrogen-bond acceptors (Lipinski definition) is 2. The van der Waals surface area contributed by atoms with E-state index < -0.39 is 0 Å². The number of carbonyl (C=O) groups excluding carboxylic acids is 1. The van der Waals surface area contributed by atoms with Gasteiger partial charge in [0.2, 0.25) is 0 Å². The summed E-state index contributed by atoms with van der Waals surface area (Å²) in [4.78, 5) is 11.6. The molecule has 0 saturated heterocycles. The van der Waals surface area contributed by atoms with E-state index in [9.17, 15) is 4.79 Å². The maximum atomic E-state index is 11.6. The normalized spacial score (nSPS) is 20.5. The Morgan fingerprint density at radius 2 is 2.00 bits per heavy atom. The van der Waals surface area contributed by atoms with Crippen LogP contribution in [-0.2, 0) is 16.1 Å². The quantitative estimate of drug-likeness (QED) is 0.728. The summed E-state index contributed by atoms with van der Waals surface area (Å²) in [6, 6.07) is 10.2. The smallest absolute Gasteiger partial charge is 0.136 e. The first-order valence-electron chi connectivity index (χ1n) is 6.50. The van der Waals surface area contributed by atoms with Crippen molar-refractivity contribution >= 4 is 5.78 Å². The first kappa shape index (κ1) is 12.3. The van der Waals surface area contributed by atoms with Crippen molar-refractivity contribution in [3.8, 4) is 0 Å². The predicted molar refractivity (Wildman–Crippen MR) is 67.7 cm³/mol. The lowest BCUT2D eigenvalue weighted by atomic mass is 9.86. The van der Waals surface area contributed by atoms with Crippen molar-refractivity contribution in [2.24, 2.45) is 5.92 Å². The number of ether oxygens (including phenoxy) is 1. The molecule has 1 fully saturated rings. The highest BCUT2D eigenvalue weighted by molar-refractivity contribution is 5.81. The van der Waals surface area contributed by atoms with Crippen LogP contribution in [0.4, 0.5) is 0 Å². The van der Waals surface area contributed by atoms with Gasteiger partial charge in [0.05, 0.1) is 6.61 Å². The van der Waals surface area contributed by atoms with E-state index in [1.54, 1.807) is 0 Å². The van der Waals surface area contributed by atoms with Crippen molar-refractivity contribution in [2.75, 3.05) is 6.61 Å². The van der Waals surface area contributed by atoms with Gasteiger partial charge in [0.25, 0.3) is 0 Å². The highest BCUT2D eigenvalue weighted by Crippen LogP contribution is 2.23. The molecule has 0 aliphatic heterocycles. The first-order chi connectivity index (χ1) is 8.36. The molecule has 1 atom stereocenters. The highest BCUT2D eigenvalue weighted by Gasteiger charge is 2.21. The van der Waals surface area contributed by atoms with Gasteiger partial charge in [-0.15, -0.1) is 0 Å². The molecule has 2 nitrogen and oxygen atoms in total. The Morgan fingerprint density at radius 3 is 2.76 bits per heavy atom. The van der Waals surface area contributed by atoms with E-state index in [1.807, 2.05) is 18.2 Å². The summed E-state index contributed by atoms with van der Waals surface area (Å²) in [7, 11) is 0.